The highest BCUT2D eigenvalue weighted by molar-refractivity contribution is 5.97. The van der Waals surface area contributed by atoms with Gasteiger partial charge in [0.1, 0.15) is 0 Å². The van der Waals surface area contributed by atoms with E-state index in [1.165, 1.54) is 24.2 Å². The molecule has 0 fully saturated rings. The Morgan fingerprint density at radius 2 is 2.10 bits per heavy atom. The Morgan fingerprint density at radius 1 is 1.33 bits per heavy atom. The number of methoxy groups -OCH3 is 1. The fourth-order valence-corrected chi connectivity index (χ4v) is 1.82. The quantitative estimate of drug-likeness (QED) is 0.675. The van der Waals surface area contributed by atoms with Crippen LogP contribution in [0.1, 0.15) is 27.6 Å². The smallest absolute Gasteiger partial charge is 0.341 e. The Bertz CT molecular complexity index is 679. The molecule has 0 aliphatic carbocycles. The third-order valence-corrected chi connectivity index (χ3v) is 2.83. The number of rotatable bonds is 4. The first-order valence-corrected chi connectivity index (χ1v) is 6.27. The molecule has 110 valence electrons. The number of ether oxygens (including phenoxy) is 2. The summed E-state index contributed by atoms with van der Waals surface area (Å²) in [5.41, 5.74) is 7.21. The largest absolute Gasteiger partial charge is 0.465 e. The Hall–Kier alpha value is -2.83. The fraction of sp³-hybridized carbons (Fsp3) is 0.214. The monoisotopic (exact) mass is 289 g/mol. The van der Waals surface area contributed by atoms with E-state index >= 15 is 0 Å². The molecule has 0 amide bonds. The van der Waals surface area contributed by atoms with Crippen LogP contribution in [-0.2, 0) is 9.47 Å². The normalized spacial score (nSPS) is 10.2. The van der Waals surface area contributed by atoms with Crippen molar-refractivity contribution in [2.45, 2.75) is 6.92 Å². The summed E-state index contributed by atoms with van der Waals surface area (Å²) in [6.07, 6.45) is 2.87. The third-order valence-electron chi connectivity index (χ3n) is 2.83. The molecule has 0 aliphatic heterocycles. The first kappa shape index (κ1) is 14.6. The van der Waals surface area contributed by atoms with Gasteiger partial charge in [0.15, 0.2) is 0 Å². The molecule has 0 saturated carbocycles. The van der Waals surface area contributed by atoms with E-state index in [1.54, 1.807) is 25.1 Å². The highest BCUT2D eigenvalue weighted by atomic mass is 16.5. The second kappa shape index (κ2) is 6.08. The van der Waals surface area contributed by atoms with Crippen molar-refractivity contribution in [1.82, 2.24) is 9.78 Å². The van der Waals surface area contributed by atoms with Crippen molar-refractivity contribution in [2.24, 2.45) is 0 Å². The van der Waals surface area contributed by atoms with Gasteiger partial charge >= 0.3 is 11.9 Å². The number of aromatic nitrogens is 2. The lowest BCUT2D eigenvalue weighted by molar-refractivity contribution is 0.0525. The predicted octanol–water partition coefficient (Wildman–Crippen LogP) is 1.42. The van der Waals surface area contributed by atoms with Crippen LogP contribution in [0.2, 0.25) is 0 Å². The molecule has 0 bridgehead atoms. The average Bonchev–Trinajstić information content (AvgIpc) is 2.96. The van der Waals surface area contributed by atoms with Crippen LogP contribution in [0.15, 0.2) is 30.6 Å². The number of para-hydroxylation sites is 1. The summed E-state index contributed by atoms with van der Waals surface area (Å²) in [4.78, 5) is 23.2. The summed E-state index contributed by atoms with van der Waals surface area (Å²) in [6, 6.07) is 4.90. The minimum atomic E-state index is -0.535. The molecule has 2 rings (SSSR count). The van der Waals surface area contributed by atoms with E-state index in [-0.39, 0.29) is 17.9 Å². The lowest BCUT2D eigenvalue weighted by Crippen LogP contribution is -2.09. The van der Waals surface area contributed by atoms with Crippen LogP contribution in [0, 0.1) is 0 Å². The minimum Gasteiger partial charge on any atom is -0.465 e. The molecule has 1 aromatic heterocycles. The van der Waals surface area contributed by atoms with Gasteiger partial charge in [0.05, 0.1) is 42.4 Å². The Kier molecular flexibility index (Phi) is 4.22. The maximum absolute atomic E-state index is 11.6. The summed E-state index contributed by atoms with van der Waals surface area (Å²) in [7, 11) is 1.28. The lowest BCUT2D eigenvalue weighted by Gasteiger charge is -2.09. The highest BCUT2D eigenvalue weighted by Crippen LogP contribution is 2.22. The van der Waals surface area contributed by atoms with Crippen LogP contribution in [-0.4, -0.2) is 35.4 Å². The molecule has 0 unspecified atom stereocenters. The lowest BCUT2D eigenvalue weighted by atomic mass is 10.1. The second-order valence-electron chi connectivity index (χ2n) is 4.12. The van der Waals surface area contributed by atoms with Gasteiger partial charge < -0.3 is 15.2 Å². The summed E-state index contributed by atoms with van der Waals surface area (Å²) >= 11 is 0. The van der Waals surface area contributed by atoms with E-state index in [1.807, 2.05) is 0 Å². The number of hydrogen-bond acceptors (Lipinski definition) is 6. The SMILES string of the molecule is CCOC(=O)c1cnn(-c2cccc(C(=O)OC)c2N)c1. The van der Waals surface area contributed by atoms with Crippen molar-refractivity contribution >= 4 is 17.6 Å². The van der Waals surface area contributed by atoms with Gasteiger partial charge in [-0.25, -0.2) is 14.3 Å². The number of nitrogens with two attached hydrogens (primary N) is 1. The zero-order chi connectivity index (χ0) is 15.4. The summed E-state index contributed by atoms with van der Waals surface area (Å²) in [5.74, 6) is -1.00. The van der Waals surface area contributed by atoms with E-state index in [2.05, 4.69) is 9.84 Å². The van der Waals surface area contributed by atoms with Crippen LogP contribution in [0.3, 0.4) is 0 Å². The van der Waals surface area contributed by atoms with Gasteiger partial charge in [0.2, 0.25) is 0 Å². The van der Waals surface area contributed by atoms with Crippen LogP contribution in [0.25, 0.3) is 5.69 Å². The summed E-state index contributed by atoms with van der Waals surface area (Å²) in [6.45, 7) is 2.00. The fourth-order valence-electron chi connectivity index (χ4n) is 1.82. The molecule has 1 aromatic carbocycles. The van der Waals surface area contributed by atoms with Gasteiger partial charge in [-0.2, -0.15) is 5.10 Å². The zero-order valence-electron chi connectivity index (χ0n) is 11.7. The highest BCUT2D eigenvalue weighted by Gasteiger charge is 2.16. The average molecular weight is 289 g/mol. The summed E-state index contributed by atoms with van der Waals surface area (Å²) < 4.78 is 11.0. The van der Waals surface area contributed by atoms with Gasteiger partial charge in [0, 0.05) is 6.20 Å². The molecule has 0 spiro atoms. The molecular formula is C14H15N3O4. The molecule has 1 heterocycles. The second-order valence-corrected chi connectivity index (χ2v) is 4.12. The number of anilines is 1. The van der Waals surface area contributed by atoms with Crippen molar-refractivity contribution in [3.63, 3.8) is 0 Å². The molecule has 21 heavy (non-hydrogen) atoms. The van der Waals surface area contributed by atoms with Crippen LogP contribution < -0.4 is 5.73 Å². The van der Waals surface area contributed by atoms with Gasteiger partial charge in [-0.3, -0.25) is 0 Å². The van der Waals surface area contributed by atoms with Crippen LogP contribution in [0.4, 0.5) is 5.69 Å². The van der Waals surface area contributed by atoms with Crippen molar-refractivity contribution in [1.29, 1.82) is 0 Å². The third kappa shape index (κ3) is 2.86. The molecule has 0 atom stereocenters. The van der Waals surface area contributed by atoms with Crippen LogP contribution in [0.5, 0.6) is 0 Å². The van der Waals surface area contributed by atoms with Crippen molar-refractivity contribution in [2.75, 3.05) is 19.5 Å². The number of nitrogens with zero attached hydrogens (tertiary/aromatic N) is 2. The number of esters is 2. The standard InChI is InChI=1S/C14H15N3O4/c1-3-21-13(18)9-7-16-17(8-9)11-6-4-5-10(12(11)15)14(19)20-2/h4-8H,3,15H2,1-2H3. The molecule has 0 saturated heterocycles. The van der Waals surface area contributed by atoms with E-state index in [4.69, 9.17) is 10.5 Å². The van der Waals surface area contributed by atoms with Gasteiger partial charge in [0.25, 0.3) is 0 Å². The zero-order valence-corrected chi connectivity index (χ0v) is 11.7. The number of hydrogen-bond donors (Lipinski definition) is 1. The molecule has 2 N–H and O–H groups in total. The summed E-state index contributed by atoms with van der Waals surface area (Å²) in [5, 5.41) is 4.06. The van der Waals surface area contributed by atoms with Crippen LogP contribution >= 0.6 is 0 Å². The molecule has 7 heteroatoms. The number of benzene rings is 1. The molecule has 0 radical (unpaired) electrons. The molecule has 7 nitrogen and oxygen atoms in total. The Morgan fingerprint density at radius 3 is 2.76 bits per heavy atom. The van der Waals surface area contributed by atoms with Gasteiger partial charge in [-0.1, -0.05) is 6.07 Å². The molecule has 2 aromatic rings. The first-order valence-electron chi connectivity index (χ1n) is 6.27. The van der Waals surface area contributed by atoms with E-state index in [0.717, 1.165) is 0 Å². The van der Waals surface area contributed by atoms with Crippen molar-refractivity contribution in [3.05, 3.63) is 41.7 Å². The number of carbonyl (C=O) groups excluding carboxylic acids is 2. The minimum absolute atomic E-state index is 0.225. The van der Waals surface area contributed by atoms with Crippen molar-refractivity contribution < 1.29 is 19.1 Å². The predicted molar refractivity (Wildman–Crippen MR) is 75.3 cm³/mol. The first-order chi connectivity index (χ1) is 10.1. The van der Waals surface area contributed by atoms with E-state index < -0.39 is 11.9 Å². The van der Waals surface area contributed by atoms with Gasteiger partial charge in [-0.15, -0.1) is 0 Å². The van der Waals surface area contributed by atoms with E-state index in [0.29, 0.717) is 11.3 Å². The number of nitrogen functional groups attached to an aromatic ring is 1. The molecular weight excluding hydrogens is 274 g/mol. The van der Waals surface area contributed by atoms with Gasteiger partial charge in [-0.05, 0) is 19.1 Å². The Balaban J connectivity index is 2.39. The molecule has 0 aliphatic rings. The van der Waals surface area contributed by atoms with E-state index in [9.17, 15) is 9.59 Å². The maximum atomic E-state index is 11.6. The number of carbonyl (C=O) groups is 2. The Labute approximate surface area is 121 Å². The topological polar surface area (TPSA) is 96.4 Å². The van der Waals surface area contributed by atoms with Crippen molar-refractivity contribution in [3.8, 4) is 5.69 Å². The maximum Gasteiger partial charge on any atom is 0.341 e.